The van der Waals surface area contributed by atoms with Crippen LogP contribution in [-0.2, 0) is 30.3 Å². The smallest absolute Gasteiger partial charge is 0.407 e. The van der Waals surface area contributed by atoms with E-state index in [-0.39, 0.29) is 48.9 Å². The van der Waals surface area contributed by atoms with Crippen LogP contribution < -0.4 is 32.7 Å². The van der Waals surface area contributed by atoms with Crippen molar-refractivity contribution in [1.29, 1.82) is 0 Å². The zero-order valence-corrected chi connectivity index (χ0v) is 30.4. The Morgan fingerprint density at radius 1 is 0.771 bits per heavy atom. The first-order valence-electron chi connectivity index (χ1n) is 16.6. The van der Waals surface area contributed by atoms with Gasteiger partial charge in [-0.15, -0.1) is 0 Å². The van der Waals surface area contributed by atoms with E-state index in [0.29, 0.717) is 31.6 Å². The van der Waals surface area contributed by atoms with Gasteiger partial charge in [0, 0.05) is 18.9 Å². The number of Topliss-reactive ketones (excluding diaryl/α,β-unsaturated/α-hetero) is 1. The summed E-state index contributed by atoms with van der Waals surface area (Å²) in [5.41, 5.74) is 11.6. The highest BCUT2D eigenvalue weighted by atomic mass is 32.2. The molecule has 1 rings (SSSR count). The van der Waals surface area contributed by atoms with Crippen molar-refractivity contribution >= 4 is 47.3 Å². The number of benzene rings is 1. The van der Waals surface area contributed by atoms with Gasteiger partial charge in [-0.25, -0.2) is 4.79 Å². The van der Waals surface area contributed by atoms with Gasteiger partial charge in [-0.2, -0.15) is 11.8 Å². The average Bonchev–Trinajstić information content (AvgIpc) is 3.02. The van der Waals surface area contributed by atoms with E-state index in [1.54, 1.807) is 13.8 Å². The van der Waals surface area contributed by atoms with Gasteiger partial charge in [-0.1, -0.05) is 71.9 Å². The Morgan fingerprint density at radius 3 is 1.92 bits per heavy atom. The van der Waals surface area contributed by atoms with E-state index in [4.69, 9.17) is 16.2 Å². The van der Waals surface area contributed by atoms with Crippen molar-refractivity contribution in [3.05, 3.63) is 35.9 Å². The summed E-state index contributed by atoms with van der Waals surface area (Å²) >= 11 is 1.52. The first-order valence-corrected chi connectivity index (χ1v) is 18.0. The maximum atomic E-state index is 13.8. The second-order valence-corrected chi connectivity index (χ2v) is 14.0. The van der Waals surface area contributed by atoms with Crippen LogP contribution >= 0.6 is 11.8 Å². The number of nitrogens with two attached hydrogens (primary N) is 2. The van der Waals surface area contributed by atoms with Gasteiger partial charge in [0.15, 0.2) is 11.7 Å². The lowest BCUT2D eigenvalue weighted by atomic mass is 9.96. The van der Waals surface area contributed by atoms with Crippen LogP contribution in [0.3, 0.4) is 0 Å². The molecule has 4 unspecified atom stereocenters. The average molecular weight is 692 g/mol. The molecular weight excluding hydrogens is 634 g/mol. The summed E-state index contributed by atoms with van der Waals surface area (Å²) in [5.74, 6) is -1.46. The highest BCUT2D eigenvalue weighted by molar-refractivity contribution is 7.98. The minimum Gasteiger partial charge on any atom is -0.449 e. The maximum absolute atomic E-state index is 13.8. The number of guanidine groups is 1. The number of aliphatic imine (C=N–C) groups is 1. The molecule has 0 saturated heterocycles. The van der Waals surface area contributed by atoms with Crippen molar-refractivity contribution in [2.75, 3.05) is 25.2 Å². The second kappa shape index (κ2) is 22.7. The minimum absolute atomic E-state index is 0.00863. The van der Waals surface area contributed by atoms with Crippen molar-refractivity contribution in [2.24, 2.45) is 34.2 Å². The molecule has 0 spiro atoms. The molecule has 0 radical (unpaired) electrons. The third-order valence-electron chi connectivity index (χ3n) is 7.20. The SMILES string of the molecule is CSCCC(NC(=O)OCC(C)C)C(=O)NC(CC(C)C)C(=O)NC(Cc1ccccc1)C(=O)NC(CCCN=C(N)N)C(=O)C(C)C. The Morgan fingerprint density at radius 2 is 1.35 bits per heavy atom. The number of ketones is 1. The number of nitrogens with zero attached hydrogens (tertiary/aromatic N) is 1. The summed E-state index contributed by atoms with van der Waals surface area (Å²) < 4.78 is 5.22. The van der Waals surface area contributed by atoms with Crippen LogP contribution in [0.4, 0.5) is 4.79 Å². The number of hydrogen-bond acceptors (Lipinski definition) is 8. The van der Waals surface area contributed by atoms with Gasteiger partial charge in [-0.3, -0.25) is 24.2 Å². The number of nitrogens with one attached hydrogen (secondary N) is 4. The summed E-state index contributed by atoms with van der Waals surface area (Å²) in [4.78, 5) is 70.5. The predicted molar refractivity (Wildman–Crippen MR) is 191 cm³/mol. The van der Waals surface area contributed by atoms with Crippen LogP contribution in [0.1, 0.15) is 72.8 Å². The summed E-state index contributed by atoms with van der Waals surface area (Å²) in [6.07, 6.45) is 2.70. The topological polar surface area (TPSA) is 207 Å². The number of alkyl carbamates (subject to hydrolysis) is 1. The molecular formula is C34H57N7O6S. The quantitative estimate of drug-likeness (QED) is 0.0599. The lowest BCUT2D eigenvalue weighted by Crippen LogP contribution is -2.58. The number of rotatable bonds is 22. The molecule has 0 aromatic heterocycles. The van der Waals surface area contributed by atoms with Crippen LogP contribution in [0, 0.1) is 17.8 Å². The highest BCUT2D eigenvalue weighted by Crippen LogP contribution is 2.12. The molecule has 0 bridgehead atoms. The van der Waals surface area contributed by atoms with E-state index in [9.17, 15) is 24.0 Å². The van der Waals surface area contributed by atoms with Gasteiger partial charge < -0.3 is 37.5 Å². The summed E-state index contributed by atoms with van der Waals surface area (Å²) in [5, 5.41) is 11.1. The molecule has 13 nitrogen and oxygen atoms in total. The van der Waals surface area contributed by atoms with Gasteiger partial charge in [0.1, 0.15) is 18.1 Å². The Balaban J connectivity index is 3.25. The van der Waals surface area contributed by atoms with Crippen molar-refractivity contribution in [1.82, 2.24) is 21.3 Å². The standard InChI is InChI=1S/C34H57N7O6S/c1-21(2)18-27(39-30(43)26(15-17-48-7)41-34(46)47-20-22(3)4)31(44)40-28(19-24-12-9-8-10-13-24)32(45)38-25(29(42)23(5)6)14-11-16-37-33(35)36/h8-10,12-13,21-23,25-28H,11,14-20H2,1-7H3,(H,38,45)(H,39,43)(H,40,44)(H,41,46)(H4,35,36,37). The molecule has 4 amide bonds. The lowest BCUT2D eigenvalue weighted by Gasteiger charge is -2.27. The van der Waals surface area contributed by atoms with E-state index in [0.717, 1.165) is 5.56 Å². The first kappa shape index (κ1) is 42.2. The number of ether oxygens (including phenoxy) is 1. The minimum atomic E-state index is -1.05. The number of carbonyl (C=O) groups is 5. The third kappa shape index (κ3) is 17.4. The van der Waals surface area contributed by atoms with Crippen LogP contribution in [0.15, 0.2) is 35.3 Å². The normalized spacial score (nSPS) is 13.6. The Hall–Kier alpha value is -3.81. The highest BCUT2D eigenvalue weighted by Gasteiger charge is 2.32. The van der Waals surface area contributed by atoms with Gasteiger partial charge in [0.25, 0.3) is 0 Å². The first-order chi connectivity index (χ1) is 22.6. The third-order valence-corrected chi connectivity index (χ3v) is 7.84. The van der Waals surface area contributed by atoms with E-state index in [1.165, 1.54) is 11.8 Å². The Labute approximate surface area is 289 Å². The number of amides is 4. The fourth-order valence-corrected chi connectivity index (χ4v) is 5.17. The van der Waals surface area contributed by atoms with E-state index in [1.807, 2.05) is 64.3 Å². The molecule has 1 aromatic carbocycles. The molecule has 14 heteroatoms. The van der Waals surface area contributed by atoms with Crippen LogP contribution in [-0.4, -0.2) is 84.9 Å². The molecule has 0 fully saturated rings. The monoisotopic (exact) mass is 691 g/mol. The molecule has 1 aromatic rings. The summed E-state index contributed by atoms with van der Waals surface area (Å²) in [6, 6.07) is 5.39. The van der Waals surface area contributed by atoms with Crippen LogP contribution in [0.2, 0.25) is 0 Å². The Kier molecular flexibility index (Phi) is 20.0. The van der Waals surface area contributed by atoms with E-state index in [2.05, 4.69) is 26.3 Å². The number of hydrogen-bond donors (Lipinski definition) is 6. The largest absolute Gasteiger partial charge is 0.449 e. The molecule has 8 N–H and O–H groups in total. The zero-order chi connectivity index (χ0) is 36.2. The van der Waals surface area contributed by atoms with Crippen molar-refractivity contribution < 1.29 is 28.7 Å². The fraction of sp³-hybridized carbons (Fsp3) is 0.647. The molecule has 48 heavy (non-hydrogen) atoms. The van der Waals surface area contributed by atoms with Gasteiger partial charge in [0.05, 0.1) is 12.6 Å². The lowest BCUT2D eigenvalue weighted by molar-refractivity contribution is -0.134. The fourth-order valence-electron chi connectivity index (χ4n) is 4.70. The summed E-state index contributed by atoms with van der Waals surface area (Å²) in [7, 11) is 0. The molecule has 270 valence electrons. The van der Waals surface area contributed by atoms with Crippen molar-refractivity contribution in [3.8, 4) is 0 Å². The van der Waals surface area contributed by atoms with E-state index < -0.39 is 48.0 Å². The predicted octanol–water partition coefficient (Wildman–Crippen LogP) is 2.51. The van der Waals surface area contributed by atoms with Gasteiger partial charge >= 0.3 is 6.09 Å². The summed E-state index contributed by atoms with van der Waals surface area (Å²) in [6.45, 7) is 11.6. The number of thioether (sulfide) groups is 1. The van der Waals surface area contributed by atoms with Crippen LogP contribution in [0.5, 0.6) is 0 Å². The molecule has 0 saturated carbocycles. The molecule has 0 aliphatic heterocycles. The maximum Gasteiger partial charge on any atom is 0.407 e. The molecule has 0 aliphatic rings. The second-order valence-electron chi connectivity index (χ2n) is 13.0. The van der Waals surface area contributed by atoms with Gasteiger partial charge in [-0.05, 0) is 55.1 Å². The van der Waals surface area contributed by atoms with Crippen molar-refractivity contribution in [3.63, 3.8) is 0 Å². The molecule has 0 heterocycles. The number of carbonyl (C=O) groups excluding carboxylic acids is 5. The zero-order valence-electron chi connectivity index (χ0n) is 29.5. The Bertz CT molecular complexity index is 1190. The molecule has 0 aliphatic carbocycles. The van der Waals surface area contributed by atoms with Gasteiger partial charge in [0.2, 0.25) is 17.7 Å². The van der Waals surface area contributed by atoms with E-state index >= 15 is 0 Å². The van der Waals surface area contributed by atoms with Crippen LogP contribution in [0.25, 0.3) is 0 Å². The van der Waals surface area contributed by atoms with Crippen molar-refractivity contribution in [2.45, 2.75) is 97.8 Å². The molecule has 4 atom stereocenters.